The molecule has 8 nitrogen and oxygen atoms in total. The van der Waals surface area contributed by atoms with Gasteiger partial charge in [-0.25, -0.2) is 0 Å². The molecule has 1 heterocycles. The molecule has 4 aromatic rings. The van der Waals surface area contributed by atoms with Gasteiger partial charge in [-0.3, -0.25) is 0 Å². The lowest BCUT2D eigenvalue weighted by molar-refractivity contribution is 0.221. The largest absolute Gasteiger partial charge is 0.508 e. The van der Waals surface area contributed by atoms with Gasteiger partial charge in [0.1, 0.15) is 29.1 Å². The molecule has 0 aromatic heterocycles. The minimum atomic E-state index is -0.737. The summed E-state index contributed by atoms with van der Waals surface area (Å²) < 4.78 is 6.22. The Morgan fingerprint density at radius 2 is 1.19 bits per heavy atom. The fraction of sp³-hybridized carbons (Fsp3) is 0.0714. The van der Waals surface area contributed by atoms with E-state index >= 15 is 0 Å². The Hall–Kier alpha value is -4.98. The molecule has 0 aliphatic carbocycles. The van der Waals surface area contributed by atoms with Crippen molar-refractivity contribution in [1.29, 1.82) is 0 Å². The van der Waals surface area contributed by atoms with Crippen LogP contribution in [0.25, 0.3) is 12.2 Å². The van der Waals surface area contributed by atoms with Crippen molar-refractivity contribution in [2.24, 2.45) is 0 Å². The second-order valence-corrected chi connectivity index (χ2v) is 8.58. The van der Waals surface area contributed by atoms with E-state index in [1.54, 1.807) is 24.3 Å². The highest BCUT2D eigenvalue weighted by Crippen LogP contribution is 2.53. The number of ether oxygens (including phenoxy) is 1. The van der Waals surface area contributed by atoms with Crippen LogP contribution in [0, 0.1) is 0 Å². The average molecular weight is 486 g/mol. The zero-order chi connectivity index (χ0) is 25.6. The van der Waals surface area contributed by atoms with Gasteiger partial charge >= 0.3 is 0 Å². The maximum absolute atomic E-state index is 10.4. The number of benzene rings is 4. The smallest absolute Gasteiger partial charge is 0.157 e. The Labute approximate surface area is 205 Å². The van der Waals surface area contributed by atoms with E-state index in [2.05, 4.69) is 0 Å². The summed E-state index contributed by atoms with van der Waals surface area (Å²) in [5.74, 6) is -1.75. The van der Waals surface area contributed by atoms with Crippen molar-refractivity contribution in [1.82, 2.24) is 0 Å². The molecule has 0 amide bonds. The van der Waals surface area contributed by atoms with Crippen molar-refractivity contribution >= 4 is 12.2 Å². The van der Waals surface area contributed by atoms with Gasteiger partial charge in [0.15, 0.2) is 23.0 Å². The number of rotatable bonds is 4. The van der Waals surface area contributed by atoms with Gasteiger partial charge in [0.2, 0.25) is 0 Å². The van der Waals surface area contributed by atoms with Crippen molar-refractivity contribution < 1.29 is 40.5 Å². The molecule has 36 heavy (non-hydrogen) atoms. The summed E-state index contributed by atoms with van der Waals surface area (Å²) in [6.45, 7) is 0. The Morgan fingerprint density at radius 3 is 1.86 bits per heavy atom. The first-order valence-electron chi connectivity index (χ1n) is 11.0. The van der Waals surface area contributed by atoms with Crippen LogP contribution in [0.5, 0.6) is 46.0 Å². The first kappa shape index (κ1) is 22.8. The third-order valence-electron chi connectivity index (χ3n) is 6.09. The Morgan fingerprint density at radius 1 is 0.556 bits per heavy atom. The first-order chi connectivity index (χ1) is 17.2. The Kier molecular flexibility index (Phi) is 5.49. The van der Waals surface area contributed by atoms with E-state index in [9.17, 15) is 35.7 Å². The molecule has 0 bridgehead atoms. The van der Waals surface area contributed by atoms with Crippen molar-refractivity contribution in [2.45, 2.75) is 12.0 Å². The Balaban J connectivity index is 1.68. The minimum Gasteiger partial charge on any atom is -0.508 e. The van der Waals surface area contributed by atoms with Gasteiger partial charge < -0.3 is 40.5 Å². The zero-order valence-corrected chi connectivity index (χ0v) is 18.7. The highest BCUT2D eigenvalue weighted by Gasteiger charge is 2.39. The zero-order valence-electron chi connectivity index (χ0n) is 18.7. The van der Waals surface area contributed by atoms with Crippen molar-refractivity contribution in [2.75, 3.05) is 0 Å². The van der Waals surface area contributed by atoms with Crippen LogP contribution in [-0.4, -0.2) is 35.7 Å². The van der Waals surface area contributed by atoms with Gasteiger partial charge in [0.25, 0.3) is 0 Å². The minimum absolute atomic E-state index is 0.0614. The predicted octanol–water partition coefficient (Wildman–Crippen LogP) is 5.06. The molecule has 0 radical (unpaired) electrons. The van der Waals surface area contributed by atoms with Crippen LogP contribution in [0.2, 0.25) is 0 Å². The van der Waals surface area contributed by atoms with Crippen LogP contribution in [0.1, 0.15) is 39.8 Å². The molecular weight excluding hydrogens is 464 g/mol. The molecule has 1 aliphatic rings. The van der Waals surface area contributed by atoms with Gasteiger partial charge in [0, 0.05) is 17.7 Å². The lowest BCUT2D eigenvalue weighted by Crippen LogP contribution is -2.12. The molecule has 0 fully saturated rings. The van der Waals surface area contributed by atoms with Crippen LogP contribution in [0.15, 0.2) is 66.7 Å². The quantitative estimate of drug-likeness (QED) is 0.156. The molecule has 1 aliphatic heterocycles. The topological polar surface area (TPSA) is 151 Å². The second-order valence-electron chi connectivity index (χ2n) is 8.58. The van der Waals surface area contributed by atoms with Crippen LogP contribution < -0.4 is 4.74 Å². The van der Waals surface area contributed by atoms with Gasteiger partial charge in [0.05, 0.1) is 5.92 Å². The lowest BCUT2D eigenvalue weighted by atomic mass is 9.82. The fourth-order valence-electron chi connectivity index (χ4n) is 4.50. The molecule has 0 saturated carbocycles. The fourth-order valence-corrected chi connectivity index (χ4v) is 4.50. The number of phenols is 7. The molecule has 182 valence electrons. The van der Waals surface area contributed by atoms with E-state index in [0.717, 1.165) is 0 Å². The van der Waals surface area contributed by atoms with E-state index in [4.69, 9.17) is 4.74 Å². The highest BCUT2D eigenvalue weighted by molar-refractivity contribution is 5.76. The number of phenolic OH excluding ortho intramolecular Hbond substituents is 7. The molecule has 2 atom stereocenters. The standard InChI is InChI=1S/C28H22O8/c29-18-9-17(10-19(30)12-18)27-26-15(3-1-14-2-5-21(32)23(34)7-14)8-20(31)13-25(26)36-28(27)16-4-6-22(33)24(35)11-16/h1-13,27-35H/b3-1+/t27-,28+/m1/s1. The monoisotopic (exact) mass is 486 g/mol. The van der Waals surface area contributed by atoms with E-state index in [1.807, 2.05) is 0 Å². The van der Waals surface area contributed by atoms with Gasteiger partial charge in [-0.2, -0.15) is 0 Å². The molecular formula is C28H22O8. The summed E-state index contributed by atoms with van der Waals surface area (Å²) in [6.07, 6.45) is 2.66. The van der Waals surface area contributed by atoms with Crippen molar-refractivity contribution in [3.05, 3.63) is 94.5 Å². The molecule has 4 aromatic carbocycles. The summed E-state index contributed by atoms with van der Waals surface area (Å²) in [6, 6.07) is 15.8. The van der Waals surface area contributed by atoms with Crippen molar-refractivity contribution in [3.8, 4) is 46.0 Å². The maximum Gasteiger partial charge on any atom is 0.157 e. The molecule has 7 N–H and O–H groups in total. The van der Waals surface area contributed by atoms with Crippen LogP contribution >= 0.6 is 0 Å². The average Bonchev–Trinajstić information content (AvgIpc) is 3.20. The van der Waals surface area contributed by atoms with E-state index in [-0.39, 0.29) is 40.2 Å². The van der Waals surface area contributed by atoms with Crippen molar-refractivity contribution in [3.63, 3.8) is 0 Å². The first-order valence-corrected chi connectivity index (χ1v) is 11.0. The molecule has 0 unspecified atom stereocenters. The van der Waals surface area contributed by atoms with E-state index in [0.29, 0.717) is 33.6 Å². The van der Waals surface area contributed by atoms with E-state index in [1.165, 1.54) is 54.6 Å². The summed E-state index contributed by atoms with van der Waals surface area (Å²) in [5, 5.41) is 70.0. The van der Waals surface area contributed by atoms with Gasteiger partial charge in [-0.05, 0) is 64.7 Å². The number of fused-ring (bicyclic) bond motifs is 1. The van der Waals surface area contributed by atoms with Gasteiger partial charge in [-0.1, -0.05) is 24.3 Å². The summed E-state index contributed by atoms with van der Waals surface area (Å²) >= 11 is 0. The maximum atomic E-state index is 10.4. The summed E-state index contributed by atoms with van der Waals surface area (Å²) in [5.41, 5.74) is 2.84. The molecule has 0 spiro atoms. The molecule has 8 heteroatoms. The second kappa shape index (κ2) is 8.66. The van der Waals surface area contributed by atoms with Gasteiger partial charge in [-0.15, -0.1) is 0 Å². The molecule has 0 saturated heterocycles. The predicted molar refractivity (Wildman–Crippen MR) is 132 cm³/mol. The lowest BCUT2D eigenvalue weighted by Gasteiger charge is -2.21. The summed E-state index contributed by atoms with van der Waals surface area (Å²) in [4.78, 5) is 0. The third kappa shape index (κ3) is 4.16. The summed E-state index contributed by atoms with van der Waals surface area (Å²) in [7, 11) is 0. The van der Waals surface area contributed by atoms with E-state index < -0.39 is 12.0 Å². The van der Waals surface area contributed by atoms with Crippen LogP contribution in [0.3, 0.4) is 0 Å². The normalized spacial score (nSPS) is 16.7. The SMILES string of the molecule is Oc1cc(O)cc([C@@H]2c3c(/C=C/c4ccc(O)c(O)c4)cc(O)cc3O[C@H]2c2ccc(O)c(O)c2)c1. The molecule has 5 rings (SSSR count). The third-order valence-corrected chi connectivity index (χ3v) is 6.09. The number of hydrogen-bond acceptors (Lipinski definition) is 8. The van der Waals surface area contributed by atoms with Crippen LogP contribution in [0.4, 0.5) is 0 Å². The highest BCUT2D eigenvalue weighted by atomic mass is 16.5. The van der Waals surface area contributed by atoms with Crippen LogP contribution in [-0.2, 0) is 0 Å². The number of hydrogen-bond donors (Lipinski definition) is 7. The number of aromatic hydroxyl groups is 7. The Bertz CT molecular complexity index is 1490.